The average Bonchev–Trinajstić information content (AvgIpc) is 2.43. The van der Waals surface area contributed by atoms with Crippen LogP contribution in [0, 0.1) is 0 Å². The largest absolute Gasteiger partial charge is 0.384 e. The maximum absolute atomic E-state index is 4.99. The lowest BCUT2D eigenvalue weighted by atomic mass is 10.4. The van der Waals surface area contributed by atoms with Gasteiger partial charge in [0.15, 0.2) is 0 Å². The minimum Gasteiger partial charge on any atom is -0.384 e. The normalized spacial score (nSPS) is 10.6. The topological polar surface area (TPSA) is 27.1 Å². The molecule has 0 fully saturated rings. The summed E-state index contributed by atoms with van der Waals surface area (Å²) in [6, 6.07) is 0. The van der Waals surface area contributed by atoms with E-state index in [0.717, 1.165) is 30.0 Å². The van der Waals surface area contributed by atoms with Crippen LogP contribution in [-0.2, 0) is 17.7 Å². The number of nitrogens with zero attached hydrogens (tertiary/aromatic N) is 2. The molecule has 0 radical (unpaired) electrons. The molecule has 0 atom stereocenters. The molecule has 0 saturated carbocycles. The first-order valence-corrected chi connectivity index (χ1v) is 4.77. The maximum atomic E-state index is 4.99. The van der Waals surface area contributed by atoms with E-state index in [1.807, 2.05) is 6.20 Å². The van der Waals surface area contributed by atoms with E-state index in [-0.39, 0.29) is 0 Å². The molecule has 4 heteroatoms. The third-order valence-corrected chi connectivity index (χ3v) is 2.37. The van der Waals surface area contributed by atoms with Crippen LogP contribution in [0.3, 0.4) is 0 Å². The molecule has 0 amide bonds. The zero-order chi connectivity index (χ0) is 8.97. The van der Waals surface area contributed by atoms with E-state index in [4.69, 9.17) is 4.74 Å². The number of imidazole rings is 1. The van der Waals surface area contributed by atoms with Gasteiger partial charge in [-0.25, -0.2) is 4.98 Å². The first-order valence-electron chi connectivity index (χ1n) is 3.98. The summed E-state index contributed by atoms with van der Waals surface area (Å²) >= 11 is 3.43. The van der Waals surface area contributed by atoms with E-state index in [9.17, 15) is 0 Å². The van der Waals surface area contributed by atoms with Gasteiger partial charge in [0.1, 0.15) is 10.4 Å². The zero-order valence-corrected chi connectivity index (χ0v) is 8.97. The summed E-state index contributed by atoms with van der Waals surface area (Å²) in [6.45, 7) is 3.77. The Labute approximate surface area is 80.9 Å². The molecule has 0 aliphatic carbocycles. The summed E-state index contributed by atoms with van der Waals surface area (Å²) in [5.41, 5.74) is 0. The van der Waals surface area contributed by atoms with Gasteiger partial charge in [-0.05, 0) is 22.9 Å². The van der Waals surface area contributed by atoms with Crippen LogP contribution in [-0.4, -0.2) is 23.3 Å². The fourth-order valence-electron chi connectivity index (χ4n) is 1.12. The quantitative estimate of drug-likeness (QED) is 0.793. The highest BCUT2D eigenvalue weighted by molar-refractivity contribution is 9.10. The SMILES string of the molecule is CCn1c(Br)cnc1CCOC. The van der Waals surface area contributed by atoms with E-state index in [1.54, 1.807) is 7.11 Å². The number of hydrogen-bond acceptors (Lipinski definition) is 2. The molecule has 0 saturated heterocycles. The Morgan fingerprint density at radius 1 is 1.67 bits per heavy atom. The van der Waals surface area contributed by atoms with Crippen molar-refractivity contribution in [3.05, 3.63) is 16.6 Å². The smallest absolute Gasteiger partial charge is 0.111 e. The minimum atomic E-state index is 0.726. The lowest BCUT2D eigenvalue weighted by Crippen LogP contribution is -2.05. The molecular formula is C8H13BrN2O. The van der Waals surface area contributed by atoms with Gasteiger partial charge in [0, 0.05) is 20.1 Å². The Morgan fingerprint density at radius 3 is 3.00 bits per heavy atom. The Morgan fingerprint density at radius 2 is 2.42 bits per heavy atom. The van der Waals surface area contributed by atoms with Crippen LogP contribution in [0.1, 0.15) is 12.7 Å². The first-order chi connectivity index (χ1) is 5.79. The molecule has 0 N–H and O–H groups in total. The van der Waals surface area contributed by atoms with Crippen molar-refractivity contribution in [1.29, 1.82) is 0 Å². The number of rotatable bonds is 4. The van der Waals surface area contributed by atoms with Gasteiger partial charge >= 0.3 is 0 Å². The van der Waals surface area contributed by atoms with Crippen molar-refractivity contribution >= 4 is 15.9 Å². The van der Waals surface area contributed by atoms with Crippen LogP contribution < -0.4 is 0 Å². The molecule has 1 aromatic heterocycles. The summed E-state index contributed by atoms with van der Waals surface area (Å²) in [6.07, 6.45) is 2.70. The number of methoxy groups -OCH3 is 1. The van der Waals surface area contributed by atoms with Crippen molar-refractivity contribution < 1.29 is 4.74 Å². The molecule has 0 aliphatic heterocycles. The van der Waals surface area contributed by atoms with Crippen LogP contribution in [0.2, 0.25) is 0 Å². The van der Waals surface area contributed by atoms with Gasteiger partial charge in [0.05, 0.1) is 12.8 Å². The molecule has 0 spiro atoms. The van der Waals surface area contributed by atoms with Crippen molar-refractivity contribution in [3.8, 4) is 0 Å². The molecule has 0 unspecified atom stereocenters. The molecule has 1 aromatic rings. The van der Waals surface area contributed by atoms with Crippen LogP contribution in [0.25, 0.3) is 0 Å². The van der Waals surface area contributed by atoms with Crippen molar-refractivity contribution in [3.63, 3.8) is 0 Å². The van der Waals surface area contributed by atoms with Crippen LogP contribution >= 0.6 is 15.9 Å². The molecule has 12 heavy (non-hydrogen) atoms. The van der Waals surface area contributed by atoms with E-state index < -0.39 is 0 Å². The van der Waals surface area contributed by atoms with Gasteiger partial charge in [-0.1, -0.05) is 0 Å². The maximum Gasteiger partial charge on any atom is 0.111 e. The Hall–Kier alpha value is -0.350. The molecule has 0 bridgehead atoms. The van der Waals surface area contributed by atoms with Crippen LogP contribution in [0.5, 0.6) is 0 Å². The van der Waals surface area contributed by atoms with Gasteiger partial charge in [0.25, 0.3) is 0 Å². The van der Waals surface area contributed by atoms with Crippen molar-refractivity contribution in [2.45, 2.75) is 19.9 Å². The van der Waals surface area contributed by atoms with E-state index in [1.165, 1.54) is 0 Å². The van der Waals surface area contributed by atoms with Gasteiger partial charge in [-0.15, -0.1) is 0 Å². The van der Waals surface area contributed by atoms with Crippen LogP contribution in [0.4, 0.5) is 0 Å². The molecular weight excluding hydrogens is 220 g/mol. The fourth-order valence-corrected chi connectivity index (χ4v) is 1.67. The number of ether oxygens (including phenoxy) is 1. The predicted octanol–water partition coefficient (Wildman–Crippen LogP) is 1.85. The van der Waals surface area contributed by atoms with E-state index >= 15 is 0 Å². The zero-order valence-electron chi connectivity index (χ0n) is 7.38. The van der Waals surface area contributed by atoms with Gasteiger partial charge in [-0.3, -0.25) is 0 Å². The first kappa shape index (κ1) is 9.74. The van der Waals surface area contributed by atoms with E-state index in [0.29, 0.717) is 0 Å². The summed E-state index contributed by atoms with van der Waals surface area (Å²) in [5, 5.41) is 0. The highest BCUT2D eigenvalue weighted by atomic mass is 79.9. The number of aromatic nitrogens is 2. The van der Waals surface area contributed by atoms with Crippen molar-refractivity contribution in [1.82, 2.24) is 9.55 Å². The lowest BCUT2D eigenvalue weighted by molar-refractivity contribution is 0.199. The summed E-state index contributed by atoms with van der Waals surface area (Å²) in [4.78, 5) is 4.26. The van der Waals surface area contributed by atoms with Gasteiger partial charge in [-0.2, -0.15) is 0 Å². The second kappa shape index (κ2) is 4.62. The molecule has 1 rings (SSSR count). The predicted molar refractivity (Wildman–Crippen MR) is 51.2 cm³/mol. The minimum absolute atomic E-state index is 0.726. The van der Waals surface area contributed by atoms with Gasteiger partial charge in [0.2, 0.25) is 0 Å². The third kappa shape index (κ3) is 2.08. The Bertz CT molecular complexity index is 247. The molecule has 3 nitrogen and oxygen atoms in total. The summed E-state index contributed by atoms with van der Waals surface area (Å²) < 4.78 is 8.15. The molecule has 68 valence electrons. The summed E-state index contributed by atoms with van der Waals surface area (Å²) in [7, 11) is 1.70. The molecule has 0 aromatic carbocycles. The average molecular weight is 233 g/mol. The van der Waals surface area contributed by atoms with Crippen molar-refractivity contribution in [2.24, 2.45) is 0 Å². The second-order valence-electron chi connectivity index (χ2n) is 2.48. The Balaban J connectivity index is 2.70. The number of halogens is 1. The lowest BCUT2D eigenvalue weighted by Gasteiger charge is -2.04. The standard InChI is InChI=1S/C8H13BrN2O/c1-3-11-7(9)6-10-8(11)4-5-12-2/h6H,3-5H2,1-2H3. The highest BCUT2D eigenvalue weighted by Gasteiger charge is 2.04. The van der Waals surface area contributed by atoms with E-state index in [2.05, 4.69) is 32.4 Å². The van der Waals surface area contributed by atoms with Crippen molar-refractivity contribution in [2.75, 3.05) is 13.7 Å². The molecule has 0 aliphatic rings. The van der Waals surface area contributed by atoms with Gasteiger partial charge < -0.3 is 9.30 Å². The third-order valence-electron chi connectivity index (χ3n) is 1.74. The summed E-state index contributed by atoms with van der Waals surface area (Å²) in [5.74, 6) is 1.08. The second-order valence-corrected chi connectivity index (χ2v) is 3.30. The Kier molecular flexibility index (Phi) is 3.75. The molecule has 1 heterocycles. The monoisotopic (exact) mass is 232 g/mol. The number of hydrogen-bond donors (Lipinski definition) is 0. The fraction of sp³-hybridized carbons (Fsp3) is 0.625. The highest BCUT2D eigenvalue weighted by Crippen LogP contribution is 2.12. The van der Waals surface area contributed by atoms with Crippen LogP contribution in [0.15, 0.2) is 10.8 Å².